The van der Waals surface area contributed by atoms with Gasteiger partial charge in [-0.2, -0.15) is 0 Å². The molecule has 0 aliphatic heterocycles. The summed E-state index contributed by atoms with van der Waals surface area (Å²) < 4.78 is 26.4. The molecule has 0 aromatic heterocycles. The smallest absolute Gasteiger partial charge is 0.137 e. The lowest BCUT2D eigenvalue weighted by molar-refractivity contribution is -0.119. The van der Waals surface area contributed by atoms with E-state index >= 15 is 0 Å². The van der Waals surface area contributed by atoms with Gasteiger partial charge in [-0.05, 0) is 24.6 Å². The molecule has 0 amide bonds. The molecular formula is C12H15F2NO. The van der Waals surface area contributed by atoms with E-state index in [0.717, 1.165) is 12.1 Å². The van der Waals surface area contributed by atoms with Gasteiger partial charge in [-0.15, -0.1) is 0 Å². The van der Waals surface area contributed by atoms with E-state index in [1.807, 2.05) is 6.92 Å². The highest BCUT2D eigenvalue weighted by Gasteiger charge is 2.14. The minimum Gasteiger partial charge on any atom is -0.330 e. The Morgan fingerprint density at radius 2 is 1.94 bits per heavy atom. The minimum atomic E-state index is -0.672. The average Bonchev–Trinajstić information content (AvgIpc) is 2.23. The second-order valence-electron chi connectivity index (χ2n) is 3.96. The number of Topliss-reactive ketones (excluding diaryl/α,β-unsaturated/α-hetero) is 1. The number of carbonyl (C=O) groups excluding carboxylic acids is 1. The first-order chi connectivity index (χ1) is 7.54. The minimum absolute atomic E-state index is 0.0438. The fourth-order valence-electron chi connectivity index (χ4n) is 1.44. The van der Waals surface area contributed by atoms with E-state index in [1.54, 1.807) is 0 Å². The van der Waals surface area contributed by atoms with Crippen LogP contribution in [0.25, 0.3) is 0 Å². The van der Waals surface area contributed by atoms with Crippen molar-refractivity contribution in [1.29, 1.82) is 0 Å². The molecule has 1 rings (SSSR count). The largest absolute Gasteiger partial charge is 0.330 e. The zero-order chi connectivity index (χ0) is 12.1. The van der Waals surface area contributed by atoms with Crippen LogP contribution in [0.15, 0.2) is 18.2 Å². The molecule has 0 spiro atoms. The van der Waals surface area contributed by atoms with Crippen molar-refractivity contribution in [3.05, 3.63) is 35.4 Å². The average molecular weight is 227 g/mol. The Bertz CT molecular complexity index is 359. The van der Waals surface area contributed by atoms with Gasteiger partial charge in [0.15, 0.2) is 0 Å². The van der Waals surface area contributed by atoms with E-state index in [9.17, 15) is 13.6 Å². The molecule has 1 unspecified atom stereocenters. The molecule has 88 valence electrons. The summed E-state index contributed by atoms with van der Waals surface area (Å²) in [7, 11) is 0. The molecule has 0 saturated carbocycles. The van der Waals surface area contributed by atoms with Crippen LogP contribution in [0.2, 0.25) is 0 Å². The standard InChI is InChI=1S/C12H15F2NO/c1-8(7-15)5-9(16)6-10-11(13)3-2-4-12(10)14/h2-4,8H,5-7,15H2,1H3. The molecule has 1 aromatic carbocycles. The van der Waals surface area contributed by atoms with Gasteiger partial charge in [-0.25, -0.2) is 8.78 Å². The third-order valence-corrected chi connectivity index (χ3v) is 2.41. The summed E-state index contributed by atoms with van der Waals surface area (Å²) in [5.74, 6) is -1.49. The van der Waals surface area contributed by atoms with Crippen LogP contribution in [-0.4, -0.2) is 12.3 Å². The summed E-state index contributed by atoms with van der Waals surface area (Å²) in [6, 6.07) is 3.58. The van der Waals surface area contributed by atoms with E-state index in [4.69, 9.17) is 5.73 Å². The molecule has 4 heteroatoms. The summed E-state index contributed by atoms with van der Waals surface area (Å²) in [6.07, 6.45) is 0.0487. The van der Waals surface area contributed by atoms with Gasteiger partial charge in [0.2, 0.25) is 0 Å². The summed E-state index contributed by atoms with van der Waals surface area (Å²) in [5, 5.41) is 0. The first-order valence-electron chi connectivity index (χ1n) is 5.19. The SMILES string of the molecule is CC(CN)CC(=O)Cc1c(F)cccc1F. The number of carbonyl (C=O) groups is 1. The molecule has 1 atom stereocenters. The van der Waals surface area contributed by atoms with Crippen LogP contribution >= 0.6 is 0 Å². The van der Waals surface area contributed by atoms with Gasteiger partial charge in [0, 0.05) is 18.4 Å². The van der Waals surface area contributed by atoms with Gasteiger partial charge in [0.05, 0.1) is 0 Å². The van der Waals surface area contributed by atoms with Crippen molar-refractivity contribution < 1.29 is 13.6 Å². The number of hydrogen-bond donors (Lipinski definition) is 1. The number of ketones is 1. The molecule has 2 N–H and O–H groups in total. The molecule has 0 heterocycles. The van der Waals surface area contributed by atoms with Gasteiger partial charge < -0.3 is 5.73 Å². The van der Waals surface area contributed by atoms with E-state index in [0.29, 0.717) is 6.54 Å². The molecule has 0 fully saturated rings. The van der Waals surface area contributed by atoms with E-state index in [-0.39, 0.29) is 30.1 Å². The number of hydrogen-bond acceptors (Lipinski definition) is 2. The number of halogens is 2. The first-order valence-corrected chi connectivity index (χ1v) is 5.19. The summed E-state index contributed by atoms with van der Waals surface area (Å²) in [6.45, 7) is 2.22. The van der Waals surface area contributed by atoms with Crippen LogP contribution in [0.4, 0.5) is 8.78 Å². The van der Waals surface area contributed by atoms with Crippen molar-refractivity contribution in [2.75, 3.05) is 6.54 Å². The molecule has 2 nitrogen and oxygen atoms in total. The molecule has 0 saturated heterocycles. The second-order valence-corrected chi connectivity index (χ2v) is 3.96. The lowest BCUT2D eigenvalue weighted by Crippen LogP contribution is -2.17. The molecule has 0 aliphatic carbocycles. The fourth-order valence-corrected chi connectivity index (χ4v) is 1.44. The zero-order valence-corrected chi connectivity index (χ0v) is 9.17. The van der Waals surface area contributed by atoms with Crippen LogP contribution < -0.4 is 5.73 Å². The Labute approximate surface area is 93.5 Å². The van der Waals surface area contributed by atoms with E-state index in [1.165, 1.54) is 6.07 Å². The lowest BCUT2D eigenvalue weighted by Gasteiger charge is -2.08. The summed E-state index contributed by atoms with van der Waals surface area (Å²) in [4.78, 5) is 11.5. The lowest BCUT2D eigenvalue weighted by atomic mass is 9.99. The second kappa shape index (κ2) is 5.70. The molecule has 16 heavy (non-hydrogen) atoms. The Kier molecular flexibility index (Phi) is 4.55. The van der Waals surface area contributed by atoms with Crippen molar-refractivity contribution in [1.82, 2.24) is 0 Å². The van der Waals surface area contributed by atoms with Crippen LogP contribution in [0.3, 0.4) is 0 Å². The van der Waals surface area contributed by atoms with Crippen LogP contribution in [0.1, 0.15) is 18.9 Å². The monoisotopic (exact) mass is 227 g/mol. The van der Waals surface area contributed by atoms with Crippen LogP contribution in [0.5, 0.6) is 0 Å². The predicted molar refractivity (Wildman–Crippen MR) is 57.9 cm³/mol. The predicted octanol–water partition coefficient (Wildman–Crippen LogP) is 2.06. The van der Waals surface area contributed by atoms with Crippen molar-refractivity contribution in [3.8, 4) is 0 Å². The van der Waals surface area contributed by atoms with E-state index < -0.39 is 11.6 Å². The topological polar surface area (TPSA) is 43.1 Å². The zero-order valence-electron chi connectivity index (χ0n) is 9.17. The highest BCUT2D eigenvalue weighted by Crippen LogP contribution is 2.14. The summed E-state index contributed by atoms with van der Waals surface area (Å²) >= 11 is 0. The highest BCUT2D eigenvalue weighted by atomic mass is 19.1. The van der Waals surface area contributed by atoms with Crippen LogP contribution in [-0.2, 0) is 11.2 Å². The van der Waals surface area contributed by atoms with Gasteiger partial charge >= 0.3 is 0 Å². The maximum Gasteiger partial charge on any atom is 0.137 e. The maximum absolute atomic E-state index is 13.2. The van der Waals surface area contributed by atoms with Crippen molar-refractivity contribution in [2.24, 2.45) is 11.7 Å². The maximum atomic E-state index is 13.2. The Balaban J connectivity index is 2.70. The van der Waals surface area contributed by atoms with Crippen LogP contribution in [0, 0.1) is 17.6 Å². The molecule has 0 radical (unpaired) electrons. The Hall–Kier alpha value is -1.29. The first kappa shape index (κ1) is 12.8. The number of nitrogens with two attached hydrogens (primary N) is 1. The fraction of sp³-hybridized carbons (Fsp3) is 0.417. The molecule has 0 aliphatic rings. The van der Waals surface area contributed by atoms with Gasteiger partial charge in [0.1, 0.15) is 17.4 Å². The number of rotatable bonds is 5. The normalized spacial score (nSPS) is 12.5. The quantitative estimate of drug-likeness (QED) is 0.836. The van der Waals surface area contributed by atoms with Gasteiger partial charge in [-0.3, -0.25) is 4.79 Å². The molecule has 0 bridgehead atoms. The third kappa shape index (κ3) is 3.38. The Morgan fingerprint density at radius 1 is 1.38 bits per heavy atom. The van der Waals surface area contributed by atoms with Crippen molar-refractivity contribution >= 4 is 5.78 Å². The van der Waals surface area contributed by atoms with Crippen molar-refractivity contribution in [2.45, 2.75) is 19.8 Å². The van der Waals surface area contributed by atoms with E-state index in [2.05, 4.69) is 0 Å². The van der Waals surface area contributed by atoms with Crippen molar-refractivity contribution in [3.63, 3.8) is 0 Å². The summed E-state index contributed by atoms with van der Waals surface area (Å²) in [5.41, 5.74) is 5.22. The van der Waals surface area contributed by atoms with Gasteiger partial charge in [0.25, 0.3) is 0 Å². The van der Waals surface area contributed by atoms with Gasteiger partial charge in [-0.1, -0.05) is 13.0 Å². The Morgan fingerprint density at radius 3 is 2.44 bits per heavy atom. The molecule has 1 aromatic rings. The highest BCUT2D eigenvalue weighted by molar-refractivity contribution is 5.81. The number of benzene rings is 1. The molecular weight excluding hydrogens is 212 g/mol. The third-order valence-electron chi connectivity index (χ3n) is 2.41.